The van der Waals surface area contributed by atoms with Crippen LogP contribution in [-0.2, 0) is 21.4 Å². The summed E-state index contributed by atoms with van der Waals surface area (Å²) in [6.45, 7) is 5.61. The van der Waals surface area contributed by atoms with Crippen molar-refractivity contribution in [3.63, 3.8) is 0 Å². The van der Waals surface area contributed by atoms with Crippen LogP contribution in [0.25, 0.3) is 0 Å². The van der Waals surface area contributed by atoms with E-state index in [4.69, 9.17) is 0 Å². The van der Waals surface area contributed by atoms with Gasteiger partial charge in [0, 0.05) is 11.4 Å². The summed E-state index contributed by atoms with van der Waals surface area (Å²) in [5.74, 6) is -0.000976. The number of carbonyl (C=O) groups is 1. The lowest BCUT2D eigenvalue weighted by Gasteiger charge is -2.14. The summed E-state index contributed by atoms with van der Waals surface area (Å²) in [4.78, 5) is 25.4. The molecular weight excluding hydrogens is 414 g/mol. The van der Waals surface area contributed by atoms with Crippen molar-refractivity contribution >= 4 is 27.3 Å². The third kappa shape index (κ3) is 5.40. The number of sulfonamides is 1. The minimum Gasteiger partial charge on any atom is -0.325 e. The molecule has 0 saturated heterocycles. The predicted molar refractivity (Wildman–Crippen MR) is 122 cm³/mol. The molecule has 0 bridgehead atoms. The molecule has 0 radical (unpaired) electrons. The van der Waals surface area contributed by atoms with Crippen molar-refractivity contribution in [3.05, 3.63) is 88.3 Å². The maximum Gasteiger partial charge on any atom is 0.275 e. The summed E-state index contributed by atoms with van der Waals surface area (Å²) in [5, 5.41) is 2.77. The molecule has 2 aromatic carbocycles. The molecule has 8 heteroatoms. The fourth-order valence-corrected chi connectivity index (χ4v) is 4.12. The van der Waals surface area contributed by atoms with E-state index in [9.17, 15) is 18.0 Å². The van der Waals surface area contributed by atoms with Crippen LogP contribution in [0.2, 0.25) is 0 Å². The molecule has 0 aliphatic rings. The number of nitrogens with one attached hydrogen (secondary N) is 2. The first-order valence-electron chi connectivity index (χ1n) is 9.85. The van der Waals surface area contributed by atoms with E-state index in [1.165, 1.54) is 22.8 Å². The topological polar surface area (TPSA) is 97.3 Å². The number of benzene rings is 2. The molecule has 0 spiro atoms. The number of rotatable bonds is 7. The van der Waals surface area contributed by atoms with E-state index in [0.717, 1.165) is 5.56 Å². The molecular formula is C23H25N3O4S. The number of carbonyl (C=O) groups excluding carboxylic acids is 1. The number of pyridine rings is 1. The number of hydrogen-bond donors (Lipinski definition) is 2. The Morgan fingerprint density at radius 3 is 2.23 bits per heavy atom. The van der Waals surface area contributed by atoms with E-state index in [1.54, 1.807) is 31.2 Å². The van der Waals surface area contributed by atoms with E-state index in [-0.39, 0.29) is 23.0 Å². The first kappa shape index (κ1) is 22.3. The summed E-state index contributed by atoms with van der Waals surface area (Å²) in [6, 6.07) is 18.3. The molecule has 0 saturated carbocycles. The monoisotopic (exact) mass is 439 g/mol. The maximum absolute atomic E-state index is 12.9. The Hall–Kier alpha value is -3.39. The minimum atomic E-state index is -3.92. The summed E-state index contributed by atoms with van der Waals surface area (Å²) < 4.78 is 28.7. The highest BCUT2D eigenvalue weighted by atomic mass is 32.2. The Morgan fingerprint density at radius 1 is 0.968 bits per heavy atom. The average Bonchev–Trinajstić information content (AvgIpc) is 2.74. The molecule has 3 rings (SSSR count). The molecule has 7 nitrogen and oxygen atoms in total. The summed E-state index contributed by atoms with van der Waals surface area (Å²) >= 11 is 0. The van der Waals surface area contributed by atoms with Crippen LogP contribution in [0.5, 0.6) is 0 Å². The Kier molecular flexibility index (Phi) is 6.60. The third-order valence-electron chi connectivity index (χ3n) is 4.85. The Morgan fingerprint density at radius 2 is 1.61 bits per heavy atom. The van der Waals surface area contributed by atoms with Crippen LogP contribution in [-0.4, -0.2) is 18.9 Å². The van der Waals surface area contributed by atoms with Crippen LogP contribution in [0, 0.1) is 6.92 Å². The number of aryl methyl sites for hydroxylation is 1. The molecule has 0 fully saturated rings. The van der Waals surface area contributed by atoms with Crippen LogP contribution >= 0.6 is 0 Å². The SMILES string of the molecule is Cc1ccc(NS(=O)(=O)c2ccccc2)c(=O)n1CC(=O)Nc1ccc(C(C)C)cc1. The minimum absolute atomic E-state index is 0.0455. The lowest BCUT2D eigenvalue weighted by Crippen LogP contribution is -2.31. The molecule has 31 heavy (non-hydrogen) atoms. The first-order chi connectivity index (χ1) is 14.7. The smallest absolute Gasteiger partial charge is 0.275 e. The quantitative estimate of drug-likeness (QED) is 0.586. The Labute approximate surface area is 181 Å². The van der Waals surface area contributed by atoms with Gasteiger partial charge in [-0.1, -0.05) is 44.2 Å². The predicted octanol–water partition coefficient (Wildman–Crippen LogP) is 3.72. The van der Waals surface area contributed by atoms with Crippen molar-refractivity contribution in [3.8, 4) is 0 Å². The van der Waals surface area contributed by atoms with Crippen molar-refractivity contribution in [1.82, 2.24) is 4.57 Å². The maximum atomic E-state index is 12.9. The second kappa shape index (κ2) is 9.18. The van der Waals surface area contributed by atoms with Gasteiger partial charge in [0.05, 0.1) is 4.90 Å². The van der Waals surface area contributed by atoms with Gasteiger partial charge >= 0.3 is 0 Å². The zero-order chi connectivity index (χ0) is 22.6. The van der Waals surface area contributed by atoms with Gasteiger partial charge in [0.25, 0.3) is 15.6 Å². The molecule has 162 valence electrons. The summed E-state index contributed by atoms with van der Waals surface area (Å²) in [6.07, 6.45) is 0. The highest BCUT2D eigenvalue weighted by molar-refractivity contribution is 7.92. The van der Waals surface area contributed by atoms with Crippen LogP contribution in [0.3, 0.4) is 0 Å². The van der Waals surface area contributed by atoms with Gasteiger partial charge in [0.15, 0.2) is 0 Å². The van der Waals surface area contributed by atoms with Gasteiger partial charge in [-0.3, -0.25) is 14.3 Å². The lowest BCUT2D eigenvalue weighted by molar-refractivity contribution is -0.116. The molecule has 0 unspecified atom stereocenters. The van der Waals surface area contributed by atoms with Crippen molar-refractivity contribution < 1.29 is 13.2 Å². The van der Waals surface area contributed by atoms with Gasteiger partial charge in [-0.2, -0.15) is 0 Å². The Bertz CT molecular complexity index is 1230. The number of anilines is 2. The van der Waals surface area contributed by atoms with E-state index in [1.807, 2.05) is 24.3 Å². The number of aromatic nitrogens is 1. The largest absolute Gasteiger partial charge is 0.325 e. The average molecular weight is 440 g/mol. The summed E-state index contributed by atoms with van der Waals surface area (Å²) in [7, 11) is -3.92. The van der Waals surface area contributed by atoms with Gasteiger partial charge < -0.3 is 9.88 Å². The van der Waals surface area contributed by atoms with E-state index < -0.39 is 15.6 Å². The van der Waals surface area contributed by atoms with Crippen LogP contribution in [0.1, 0.15) is 31.0 Å². The zero-order valence-corrected chi connectivity index (χ0v) is 18.4. The third-order valence-corrected chi connectivity index (χ3v) is 6.23. The highest BCUT2D eigenvalue weighted by Gasteiger charge is 2.17. The van der Waals surface area contributed by atoms with Crippen LogP contribution in [0.4, 0.5) is 11.4 Å². The second-order valence-electron chi connectivity index (χ2n) is 7.52. The molecule has 0 aliphatic carbocycles. The standard InChI is InChI=1S/C23H25N3O4S/c1-16(2)18-10-12-19(13-11-18)24-22(27)15-26-17(3)9-14-21(23(26)28)25-31(29,30)20-7-5-4-6-8-20/h4-14,16,25H,15H2,1-3H3,(H,24,27). The van der Waals surface area contributed by atoms with E-state index in [0.29, 0.717) is 17.3 Å². The van der Waals surface area contributed by atoms with Crippen molar-refractivity contribution in [2.24, 2.45) is 0 Å². The second-order valence-corrected chi connectivity index (χ2v) is 9.21. The van der Waals surface area contributed by atoms with Gasteiger partial charge in [-0.05, 0) is 54.8 Å². The fraction of sp³-hybridized carbons (Fsp3) is 0.217. The molecule has 0 atom stereocenters. The molecule has 1 amide bonds. The molecule has 3 aromatic rings. The Balaban J connectivity index is 1.79. The molecule has 1 aromatic heterocycles. The summed E-state index contributed by atoms with van der Waals surface area (Å²) in [5.41, 5.74) is 1.61. The molecule has 0 aliphatic heterocycles. The van der Waals surface area contributed by atoms with Crippen molar-refractivity contribution in [1.29, 1.82) is 0 Å². The number of nitrogens with zero attached hydrogens (tertiary/aromatic N) is 1. The van der Waals surface area contributed by atoms with Gasteiger partial charge in [-0.15, -0.1) is 0 Å². The number of hydrogen-bond acceptors (Lipinski definition) is 4. The first-order valence-corrected chi connectivity index (χ1v) is 11.3. The zero-order valence-electron chi connectivity index (χ0n) is 17.6. The fourth-order valence-electron chi connectivity index (χ4n) is 3.04. The molecule has 2 N–H and O–H groups in total. The van der Waals surface area contributed by atoms with Gasteiger partial charge in [0.2, 0.25) is 5.91 Å². The van der Waals surface area contributed by atoms with E-state index in [2.05, 4.69) is 23.9 Å². The van der Waals surface area contributed by atoms with Gasteiger partial charge in [0.1, 0.15) is 12.2 Å². The van der Waals surface area contributed by atoms with Crippen LogP contribution < -0.4 is 15.6 Å². The normalized spacial score (nSPS) is 11.4. The highest BCUT2D eigenvalue weighted by Crippen LogP contribution is 2.17. The molecule has 1 heterocycles. The van der Waals surface area contributed by atoms with Crippen LogP contribution in [0.15, 0.2) is 76.4 Å². The van der Waals surface area contributed by atoms with Crippen molar-refractivity contribution in [2.45, 2.75) is 38.1 Å². The number of amides is 1. The van der Waals surface area contributed by atoms with Crippen molar-refractivity contribution in [2.75, 3.05) is 10.0 Å². The lowest BCUT2D eigenvalue weighted by atomic mass is 10.0. The van der Waals surface area contributed by atoms with E-state index >= 15 is 0 Å². The van der Waals surface area contributed by atoms with Gasteiger partial charge in [-0.25, -0.2) is 8.42 Å².